The summed E-state index contributed by atoms with van der Waals surface area (Å²) in [7, 11) is 0. The van der Waals surface area contributed by atoms with Gasteiger partial charge in [0.2, 0.25) is 0 Å². The summed E-state index contributed by atoms with van der Waals surface area (Å²) >= 11 is 6.30. The van der Waals surface area contributed by atoms with Crippen molar-refractivity contribution < 1.29 is 27.4 Å². The average molecular weight is 449 g/mol. The minimum Gasteiger partial charge on any atom is -0.493 e. The highest BCUT2D eigenvalue weighted by atomic mass is 35.5. The number of hydrogen-bond acceptors (Lipinski definition) is 4. The lowest BCUT2D eigenvalue weighted by molar-refractivity contribution is -0.141. The fourth-order valence-electron chi connectivity index (χ4n) is 3.07. The summed E-state index contributed by atoms with van der Waals surface area (Å²) < 4.78 is 49.2. The van der Waals surface area contributed by atoms with Gasteiger partial charge in [0.1, 0.15) is 22.9 Å². The van der Waals surface area contributed by atoms with E-state index in [2.05, 4.69) is 10.3 Å². The van der Waals surface area contributed by atoms with Gasteiger partial charge in [-0.2, -0.15) is 13.2 Å². The van der Waals surface area contributed by atoms with Crippen molar-refractivity contribution >= 4 is 23.2 Å². The Balaban J connectivity index is 1.43. The van der Waals surface area contributed by atoms with Crippen molar-refractivity contribution in [3.63, 3.8) is 0 Å². The number of halogens is 4. The van der Waals surface area contributed by atoms with E-state index in [0.717, 1.165) is 42.5 Å². The number of carbonyl (C=O) groups excluding carboxylic acids is 1. The smallest absolute Gasteiger partial charge is 0.433 e. The van der Waals surface area contributed by atoms with Crippen molar-refractivity contribution in [3.05, 3.63) is 76.6 Å². The molecule has 160 valence electrons. The summed E-state index contributed by atoms with van der Waals surface area (Å²) in [5.74, 6) is 1.15. The van der Waals surface area contributed by atoms with Crippen LogP contribution >= 0.6 is 11.6 Å². The summed E-state index contributed by atoms with van der Waals surface area (Å²) in [6, 6.07) is 11.8. The van der Waals surface area contributed by atoms with Crippen LogP contribution in [0.1, 0.15) is 28.0 Å². The number of rotatable bonds is 4. The fourth-order valence-corrected chi connectivity index (χ4v) is 3.29. The zero-order valence-electron chi connectivity index (χ0n) is 16.0. The van der Waals surface area contributed by atoms with E-state index in [1.54, 1.807) is 18.2 Å². The molecule has 4 rings (SSSR count). The number of benzene rings is 2. The van der Waals surface area contributed by atoms with Crippen molar-refractivity contribution in [2.24, 2.45) is 0 Å². The van der Waals surface area contributed by atoms with Gasteiger partial charge in [-0.05, 0) is 60.9 Å². The number of carbonyl (C=O) groups is 1. The molecular weight excluding hydrogens is 433 g/mol. The van der Waals surface area contributed by atoms with Gasteiger partial charge >= 0.3 is 6.18 Å². The maximum atomic E-state index is 12.6. The molecule has 0 aliphatic carbocycles. The summed E-state index contributed by atoms with van der Waals surface area (Å²) in [5.41, 5.74) is 0.456. The largest absolute Gasteiger partial charge is 0.493 e. The number of pyridine rings is 1. The van der Waals surface area contributed by atoms with E-state index in [9.17, 15) is 18.0 Å². The van der Waals surface area contributed by atoms with Crippen LogP contribution in [0, 0.1) is 0 Å². The molecule has 31 heavy (non-hydrogen) atoms. The van der Waals surface area contributed by atoms with Crippen LogP contribution in [-0.2, 0) is 12.6 Å². The fraction of sp³-hybridized carbons (Fsp3) is 0.182. The van der Waals surface area contributed by atoms with Crippen molar-refractivity contribution in [1.82, 2.24) is 4.98 Å². The maximum Gasteiger partial charge on any atom is 0.433 e. The highest BCUT2D eigenvalue weighted by molar-refractivity contribution is 6.32. The number of nitrogens with one attached hydrogen (secondary N) is 1. The van der Waals surface area contributed by atoms with Crippen molar-refractivity contribution in [2.75, 3.05) is 11.9 Å². The molecule has 1 aliphatic heterocycles. The molecule has 5 nitrogen and oxygen atoms in total. The second-order valence-corrected chi connectivity index (χ2v) is 7.26. The molecule has 0 fully saturated rings. The quantitative estimate of drug-likeness (QED) is 0.522. The minimum atomic E-state index is -4.54. The Hall–Kier alpha value is -3.26. The Morgan fingerprint density at radius 3 is 2.58 bits per heavy atom. The SMILES string of the molecule is O=C(Nc1ccc(C(F)(F)F)nc1)c1ccc(Oc2cc3c(cc2Cl)CCCO3)cc1. The number of aromatic nitrogens is 1. The predicted molar refractivity (Wildman–Crippen MR) is 109 cm³/mol. The monoisotopic (exact) mass is 448 g/mol. The molecule has 0 saturated heterocycles. The lowest BCUT2D eigenvalue weighted by Crippen LogP contribution is -2.13. The van der Waals surface area contributed by atoms with Crippen molar-refractivity contribution in [3.8, 4) is 17.2 Å². The third-order valence-electron chi connectivity index (χ3n) is 4.62. The molecule has 9 heteroatoms. The summed E-state index contributed by atoms with van der Waals surface area (Å²) in [6.45, 7) is 0.645. The highest BCUT2D eigenvalue weighted by Crippen LogP contribution is 2.37. The van der Waals surface area contributed by atoms with Gasteiger partial charge in [-0.1, -0.05) is 11.6 Å². The minimum absolute atomic E-state index is 0.152. The number of hydrogen-bond donors (Lipinski definition) is 1. The zero-order chi connectivity index (χ0) is 22.0. The third-order valence-corrected chi connectivity index (χ3v) is 4.91. The molecule has 0 bridgehead atoms. The Bertz CT molecular complexity index is 1100. The number of anilines is 1. The Morgan fingerprint density at radius 1 is 1.13 bits per heavy atom. The standard InChI is InChI=1S/C22H16ClF3N2O3/c23-17-10-14-2-1-9-30-18(14)11-19(17)31-16-6-3-13(4-7-16)21(29)28-15-5-8-20(27-12-15)22(24,25)26/h3-8,10-12H,1-2,9H2,(H,28,29). The Labute approximate surface area is 180 Å². The first-order valence-corrected chi connectivity index (χ1v) is 9.75. The number of ether oxygens (including phenoxy) is 2. The number of amides is 1. The second kappa shape index (κ2) is 8.47. The Morgan fingerprint density at radius 2 is 1.90 bits per heavy atom. The van der Waals surface area contributed by atoms with Crippen LogP contribution < -0.4 is 14.8 Å². The molecule has 0 radical (unpaired) electrons. The number of alkyl halides is 3. The first-order chi connectivity index (χ1) is 14.8. The third kappa shape index (κ3) is 4.91. The normalized spacial score (nSPS) is 13.2. The van der Waals surface area contributed by atoms with Gasteiger partial charge in [0.25, 0.3) is 5.91 Å². The van der Waals surface area contributed by atoms with Gasteiger partial charge in [0.15, 0.2) is 0 Å². The molecule has 1 aromatic heterocycles. The van der Waals surface area contributed by atoms with Gasteiger partial charge in [-0.15, -0.1) is 0 Å². The van der Waals surface area contributed by atoms with E-state index >= 15 is 0 Å². The predicted octanol–water partition coefficient (Wildman–Crippen LogP) is 6.12. The summed E-state index contributed by atoms with van der Waals surface area (Å²) in [4.78, 5) is 15.7. The van der Waals surface area contributed by atoms with Gasteiger partial charge in [-0.3, -0.25) is 4.79 Å². The van der Waals surface area contributed by atoms with Crippen molar-refractivity contribution in [1.29, 1.82) is 0 Å². The topological polar surface area (TPSA) is 60.5 Å². The molecule has 0 atom stereocenters. The molecular formula is C22H16ClF3N2O3. The van der Waals surface area contributed by atoms with Gasteiger partial charge in [-0.25, -0.2) is 4.98 Å². The van der Waals surface area contributed by atoms with Gasteiger partial charge in [0, 0.05) is 11.6 Å². The molecule has 2 heterocycles. The molecule has 1 amide bonds. The van der Waals surface area contributed by atoms with Crippen LogP contribution in [0.25, 0.3) is 0 Å². The van der Waals surface area contributed by atoms with E-state index in [1.165, 1.54) is 12.1 Å². The number of aryl methyl sites for hydroxylation is 1. The van der Waals surface area contributed by atoms with Crippen LogP contribution in [0.4, 0.5) is 18.9 Å². The molecule has 0 saturated carbocycles. The molecule has 0 unspecified atom stereocenters. The van der Waals surface area contributed by atoms with Gasteiger partial charge < -0.3 is 14.8 Å². The van der Waals surface area contributed by atoms with E-state index < -0.39 is 17.8 Å². The lowest BCUT2D eigenvalue weighted by atomic mass is 10.1. The first kappa shape index (κ1) is 21.0. The molecule has 1 N–H and O–H groups in total. The molecule has 0 spiro atoms. The van der Waals surface area contributed by atoms with Crippen LogP contribution in [0.5, 0.6) is 17.2 Å². The summed E-state index contributed by atoms with van der Waals surface area (Å²) in [5, 5.41) is 2.96. The molecule has 2 aromatic carbocycles. The average Bonchev–Trinajstić information content (AvgIpc) is 2.74. The van der Waals surface area contributed by atoms with Crippen LogP contribution in [0.2, 0.25) is 5.02 Å². The molecule has 1 aliphatic rings. The van der Waals surface area contributed by atoms with E-state index in [-0.39, 0.29) is 5.69 Å². The highest BCUT2D eigenvalue weighted by Gasteiger charge is 2.32. The second-order valence-electron chi connectivity index (χ2n) is 6.85. The van der Waals surface area contributed by atoms with E-state index in [1.807, 2.05) is 6.07 Å². The van der Waals surface area contributed by atoms with Gasteiger partial charge in [0.05, 0.1) is 23.5 Å². The summed E-state index contributed by atoms with van der Waals surface area (Å²) in [6.07, 6.45) is -1.74. The first-order valence-electron chi connectivity index (χ1n) is 9.37. The van der Waals surface area contributed by atoms with E-state index in [4.69, 9.17) is 21.1 Å². The Kier molecular flexibility index (Phi) is 5.73. The molecule has 3 aromatic rings. The van der Waals surface area contributed by atoms with E-state index in [0.29, 0.717) is 28.7 Å². The lowest BCUT2D eigenvalue weighted by Gasteiger charge is -2.19. The maximum absolute atomic E-state index is 12.6. The van der Waals surface area contributed by atoms with Crippen molar-refractivity contribution in [2.45, 2.75) is 19.0 Å². The zero-order valence-corrected chi connectivity index (χ0v) is 16.8. The van der Waals surface area contributed by atoms with Crippen LogP contribution in [0.15, 0.2) is 54.7 Å². The number of fused-ring (bicyclic) bond motifs is 1. The number of nitrogens with zero attached hydrogens (tertiary/aromatic N) is 1. The van der Waals surface area contributed by atoms with Crippen LogP contribution in [-0.4, -0.2) is 17.5 Å². The van der Waals surface area contributed by atoms with Crippen LogP contribution in [0.3, 0.4) is 0 Å².